The molecule has 28 heavy (non-hydrogen) atoms. The van der Waals surface area contributed by atoms with Crippen LogP contribution in [-0.4, -0.2) is 42.2 Å². The first-order chi connectivity index (χ1) is 13.4. The lowest BCUT2D eigenvalue weighted by Gasteiger charge is -2.28. The molecule has 4 rings (SSSR count). The highest BCUT2D eigenvalue weighted by Gasteiger charge is 2.41. The standard InChI is InChI=1S/C21H22O7/c1-4-26-10-21(2,24)16-8-12-14(27-16)9-15(25-3)17-18(23)11-6-5-7-13(22)19(11)28-20(12)17/h5-7,9,16,22,24H,4,8,10H2,1-3H3. The van der Waals surface area contributed by atoms with Crippen molar-refractivity contribution in [3.05, 3.63) is 40.1 Å². The first-order valence-electron chi connectivity index (χ1n) is 9.12. The summed E-state index contributed by atoms with van der Waals surface area (Å²) < 4.78 is 22.7. The highest BCUT2D eigenvalue weighted by atomic mass is 16.5. The monoisotopic (exact) mass is 386 g/mol. The van der Waals surface area contributed by atoms with Crippen LogP contribution in [0.4, 0.5) is 0 Å². The molecule has 0 radical (unpaired) electrons. The molecule has 0 spiro atoms. The van der Waals surface area contributed by atoms with E-state index in [4.69, 9.17) is 18.6 Å². The molecule has 0 fully saturated rings. The summed E-state index contributed by atoms with van der Waals surface area (Å²) in [4.78, 5) is 13.1. The normalized spacial score (nSPS) is 18.1. The number of phenols is 1. The van der Waals surface area contributed by atoms with Gasteiger partial charge in [-0.25, -0.2) is 0 Å². The first-order valence-corrected chi connectivity index (χ1v) is 9.12. The lowest BCUT2D eigenvalue weighted by atomic mass is 9.95. The molecule has 0 saturated carbocycles. The van der Waals surface area contributed by atoms with Crippen LogP contribution in [0.3, 0.4) is 0 Å². The SMILES string of the molecule is CCOCC(C)(O)C1Cc2c(cc(OC)c3c(=O)c4cccc(O)c4oc23)O1. The van der Waals surface area contributed by atoms with E-state index in [0.717, 1.165) is 0 Å². The summed E-state index contributed by atoms with van der Waals surface area (Å²) in [5.41, 5.74) is -0.465. The van der Waals surface area contributed by atoms with Gasteiger partial charge in [0.1, 0.15) is 34.2 Å². The third kappa shape index (κ3) is 2.78. The maximum atomic E-state index is 13.1. The molecule has 2 aromatic carbocycles. The molecular weight excluding hydrogens is 364 g/mol. The largest absolute Gasteiger partial charge is 0.504 e. The summed E-state index contributed by atoms with van der Waals surface area (Å²) in [6.07, 6.45) is -0.243. The van der Waals surface area contributed by atoms with Crippen LogP contribution >= 0.6 is 0 Å². The van der Waals surface area contributed by atoms with Crippen molar-refractivity contribution in [2.24, 2.45) is 0 Å². The third-order valence-corrected chi connectivity index (χ3v) is 5.15. The number of fused-ring (bicyclic) bond motifs is 4. The minimum Gasteiger partial charge on any atom is -0.504 e. The van der Waals surface area contributed by atoms with Crippen molar-refractivity contribution < 1.29 is 28.8 Å². The smallest absolute Gasteiger partial charge is 0.204 e. The number of para-hydroxylation sites is 1. The maximum absolute atomic E-state index is 13.1. The number of rotatable bonds is 5. The van der Waals surface area contributed by atoms with E-state index in [1.807, 2.05) is 6.92 Å². The molecule has 1 aliphatic heterocycles. The number of hydrogen-bond donors (Lipinski definition) is 2. The zero-order valence-corrected chi connectivity index (χ0v) is 15.9. The van der Waals surface area contributed by atoms with Gasteiger partial charge in [0.05, 0.1) is 19.1 Å². The summed E-state index contributed by atoms with van der Waals surface area (Å²) in [6, 6.07) is 6.28. The summed E-state index contributed by atoms with van der Waals surface area (Å²) in [6.45, 7) is 4.10. The van der Waals surface area contributed by atoms with Crippen LogP contribution in [0.25, 0.3) is 21.9 Å². The fourth-order valence-electron chi connectivity index (χ4n) is 3.62. The van der Waals surface area contributed by atoms with Gasteiger partial charge < -0.3 is 28.8 Å². The van der Waals surface area contributed by atoms with Crippen LogP contribution in [-0.2, 0) is 11.2 Å². The molecule has 2 unspecified atom stereocenters. The predicted octanol–water partition coefficient (Wildman–Crippen LogP) is 2.75. The predicted molar refractivity (Wildman–Crippen MR) is 103 cm³/mol. The van der Waals surface area contributed by atoms with Crippen LogP contribution in [0.15, 0.2) is 33.5 Å². The van der Waals surface area contributed by atoms with Crippen LogP contribution in [0.5, 0.6) is 17.2 Å². The number of methoxy groups -OCH3 is 1. The molecule has 2 heterocycles. The van der Waals surface area contributed by atoms with Gasteiger partial charge >= 0.3 is 0 Å². The summed E-state index contributed by atoms with van der Waals surface area (Å²) in [7, 11) is 1.46. The zero-order valence-electron chi connectivity index (χ0n) is 15.9. The molecule has 1 aromatic heterocycles. The first kappa shape index (κ1) is 18.6. The van der Waals surface area contributed by atoms with Gasteiger partial charge in [0.25, 0.3) is 0 Å². The van der Waals surface area contributed by atoms with E-state index in [1.165, 1.54) is 13.2 Å². The van der Waals surface area contributed by atoms with Crippen LogP contribution in [0, 0.1) is 0 Å². The number of benzene rings is 2. The van der Waals surface area contributed by atoms with Crippen LogP contribution in [0.1, 0.15) is 19.4 Å². The molecule has 1 aliphatic rings. The Labute approximate surface area is 161 Å². The molecule has 2 atom stereocenters. The highest BCUT2D eigenvalue weighted by Crippen LogP contribution is 2.43. The molecule has 2 N–H and O–H groups in total. The fourth-order valence-corrected chi connectivity index (χ4v) is 3.62. The average Bonchev–Trinajstić information content (AvgIpc) is 3.12. The molecule has 3 aromatic rings. The van der Waals surface area contributed by atoms with E-state index in [0.29, 0.717) is 35.7 Å². The van der Waals surface area contributed by atoms with Gasteiger partial charge in [-0.2, -0.15) is 0 Å². The average molecular weight is 386 g/mol. The molecule has 7 nitrogen and oxygen atoms in total. The summed E-state index contributed by atoms with van der Waals surface area (Å²) in [5.74, 6) is 0.675. The topological polar surface area (TPSA) is 98.4 Å². The van der Waals surface area contributed by atoms with Gasteiger partial charge in [0.15, 0.2) is 11.3 Å². The summed E-state index contributed by atoms with van der Waals surface area (Å²) in [5, 5.41) is 21.5. The Bertz CT molecular complexity index is 1110. The molecule has 0 bridgehead atoms. The molecular formula is C21H22O7. The lowest BCUT2D eigenvalue weighted by molar-refractivity contribution is -0.0909. The molecule has 7 heteroatoms. The Morgan fingerprint density at radius 2 is 2.11 bits per heavy atom. The fraction of sp³-hybridized carbons (Fsp3) is 0.381. The quantitative estimate of drug-likeness (QED) is 0.651. The minimum absolute atomic E-state index is 0.111. The van der Waals surface area contributed by atoms with Gasteiger partial charge in [-0.15, -0.1) is 0 Å². The number of phenolic OH excluding ortho intramolecular Hbond substituents is 1. The Morgan fingerprint density at radius 3 is 2.82 bits per heavy atom. The van der Waals surface area contributed by atoms with Gasteiger partial charge in [-0.05, 0) is 26.0 Å². The van der Waals surface area contributed by atoms with Crippen molar-refractivity contribution in [1.82, 2.24) is 0 Å². The molecule has 0 aliphatic carbocycles. The van der Waals surface area contributed by atoms with Crippen molar-refractivity contribution in [3.63, 3.8) is 0 Å². The number of aliphatic hydroxyl groups is 1. The molecule has 0 amide bonds. The second-order valence-electron chi connectivity index (χ2n) is 7.15. The Hall–Kier alpha value is -2.77. The van der Waals surface area contributed by atoms with Crippen molar-refractivity contribution >= 4 is 21.9 Å². The van der Waals surface area contributed by atoms with E-state index in [2.05, 4.69) is 0 Å². The summed E-state index contributed by atoms with van der Waals surface area (Å²) >= 11 is 0. The second-order valence-corrected chi connectivity index (χ2v) is 7.15. The van der Waals surface area contributed by atoms with Gasteiger partial charge in [-0.3, -0.25) is 4.79 Å². The number of hydrogen-bond acceptors (Lipinski definition) is 7. The Balaban J connectivity index is 1.93. The second kappa shape index (κ2) is 6.68. The van der Waals surface area contributed by atoms with Crippen LogP contribution in [0.2, 0.25) is 0 Å². The van der Waals surface area contributed by atoms with E-state index < -0.39 is 11.7 Å². The van der Waals surface area contributed by atoms with Gasteiger partial charge in [-0.1, -0.05) is 6.07 Å². The molecule has 148 valence electrons. The minimum atomic E-state index is -1.23. The van der Waals surface area contributed by atoms with Crippen molar-refractivity contribution in [1.29, 1.82) is 0 Å². The van der Waals surface area contributed by atoms with E-state index in [1.54, 1.807) is 25.1 Å². The van der Waals surface area contributed by atoms with Gasteiger partial charge in [0.2, 0.25) is 5.43 Å². The van der Waals surface area contributed by atoms with E-state index >= 15 is 0 Å². The number of ether oxygens (including phenoxy) is 3. The van der Waals surface area contributed by atoms with Crippen molar-refractivity contribution in [3.8, 4) is 17.2 Å². The molecule has 0 saturated heterocycles. The van der Waals surface area contributed by atoms with Crippen molar-refractivity contribution in [2.45, 2.75) is 32.0 Å². The maximum Gasteiger partial charge on any atom is 0.204 e. The Morgan fingerprint density at radius 1 is 1.32 bits per heavy atom. The van der Waals surface area contributed by atoms with Crippen molar-refractivity contribution in [2.75, 3.05) is 20.3 Å². The Kier molecular flexibility index (Phi) is 4.44. The van der Waals surface area contributed by atoms with Gasteiger partial charge in [0, 0.05) is 24.7 Å². The number of aromatic hydroxyl groups is 1. The zero-order chi connectivity index (χ0) is 20.1. The van der Waals surface area contributed by atoms with E-state index in [9.17, 15) is 15.0 Å². The highest BCUT2D eigenvalue weighted by molar-refractivity contribution is 5.97. The lowest BCUT2D eigenvalue weighted by Crippen LogP contribution is -2.46. The van der Waals surface area contributed by atoms with Crippen LogP contribution < -0.4 is 14.9 Å². The van der Waals surface area contributed by atoms with E-state index in [-0.39, 0.29) is 34.1 Å². The third-order valence-electron chi connectivity index (χ3n) is 5.15.